The largest absolute Gasteiger partial charge is 0.493 e. The molecule has 0 bridgehead atoms. The van der Waals surface area contributed by atoms with Crippen LogP contribution in [0.3, 0.4) is 0 Å². The Morgan fingerprint density at radius 2 is 1.60 bits per heavy atom. The van der Waals surface area contributed by atoms with Gasteiger partial charge in [-0.15, -0.1) is 0 Å². The van der Waals surface area contributed by atoms with Gasteiger partial charge in [0.15, 0.2) is 11.5 Å². The minimum atomic E-state index is -0.300. The summed E-state index contributed by atoms with van der Waals surface area (Å²) in [6.07, 6.45) is 0.302. The highest BCUT2D eigenvalue weighted by Crippen LogP contribution is 2.38. The Hall–Kier alpha value is -2.24. The predicted molar refractivity (Wildman–Crippen MR) is 73.7 cm³/mol. The summed E-state index contributed by atoms with van der Waals surface area (Å²) in [5.41, 5.74) is 0.378. The van der Waals surface area contributed by atoms with E-state index in [9.17, 15) is 9.59 Å². The first-order valence-electron chi connectivity index (χ1n) is 6.11. The van der Waals surface area contributed by atoms with Crippen molar-refractivity contribution in [2.45, 2.75) is 13.3 Å². The van der Waals surface area contributed by atoms with Crippen molar-refractivity contribution in [1.29, 1.82) is 0 Å². The molecule has 1 N–H and O–H groups in total. The van der Waals surface area contributed by atoms with Gasteiger partial charge in [0.2, 0.25) is 5.75 Å². The normalized spacial score (nSPS) is 9.80. The highest BCUT2D eigenvalue weighted by molar-refractivity contribution is 5.95. The van der Waals surface area contributed by atoms with Crippen LogP contribution >= 0.6 is 0 Å². The average Bonchev–Trinajstić information content (AvgIpc) is 2.44. The minimum absolute atomic E-state index is 0.0233. The lowest BCUT2D eigenvalue weighted by molar-refractivity contribution is -0.116. The summed E-state index contributed by atoms with van der Waals surface area (Å²) in [5.74, 6) is 0.961. The highest BCUT2D eigenvalue weighted by Gasteiger charge is 2.16. The summed E-state index contributed by atoms with van der Waals surface area (Å²) in [4.78, 5) is 22.8. The van der Waals surface area contributed by atoms with Crippen LogP contribution in [-0.2, 0) is 4.79 Å². The summed E-state index contributed by atoms with van der Waals surface area (Å²) in [5, 5.41) is 2.66. The van der Waals surface area contributed by atoms with Gasteiger partial charge in [0.05, 0.1) is 21.3 Å². The fourth-order valence-electron chi connectivity index (χ4n) is 1.67. The third-order valence-corrected chi connectivity index (χ3v) is 2.69. The zero-order valence-corrected chi connectivity index (χ0v) is 12.1. The van der Waals surface area contributed by atoms with Gasteiger partial charge in [-0.05, 0) is 19.1 Å². The van der Waals surface area contributed by atoms with E-state index in [2.05, 4.69) is 5.32 Å². The maximum Gasteiger partial charge on any atom is 0.251 e. The van der Waals surface area contributed by atoms with E-state index in [4.69, 9.17) is 14.2 Å². The van der Waals surface area contributed by atoms with Crippen LogP contribution < -0.4 is 19.5 Å². The quantitative estimate of drug-likeness (QED) is 0.818. The Balaban J connectivity index is 2.94. The second kappa shape index (κ2) is 7.37. The molecule has 1 aromatic rings. The van der Waals surface area contributed by atoms with Crippen LogP contribution in [0.1, 0.15) is 23.7 Å². The zero-order valence-electron chi connectivity index (χ0n) is 12.1. The van der Waals surface area contributed by atoms with Crippen molar-refractivity contribution in [2.24, 2.45) is 0 Å². The van der Waals surface area contributed by atoms with E-state index in [0.29, 0.717) is 35.8 Å². The Bertz CT molecular complexity index is 473. The monoisotopic (exact) mass is 281 g/mol. The molecule has 0 aliphatic heterocycles. The third-order valence-electron chi connectivity index (χ3n) is 2.69. The molecule has 0 heterocycles. The number of Topliss-reactive ketones (excluding diaryl/α,β-unsaturated/α-hetero) is 1. The molecule has 0 aromatic heterocycles. The second-order valence-electron chi connectivity index (χ2n) is 4.12. The first kappa shape index (κ1) is 15.8. The molecule has 0 fully saturated rings. The van der Waals surface area contributed by atoms with E-state index in [1.165, 1.54) is 28.3 Å². The smallest absolute Gasteiger partial charge is 0.251 e. The molecule has 0 radical (unpaired) electrons. The maximum absolute atomic E-state index is 12.0. The number of carbonyl (C=O) groups is 2. The van der Waals surface area contributed by atoms with Gasteiger partial charge in [-0.3, -0.25) is 9.59 Å². The molecule has 1 amide bonds. The first-order valence-corrected chi connectivity index (χ1v) is 6.11. The van der Waals surface area contributed by atoms with E-state index in [0.717, 1.165) is 0 Å². The molecule has 0 aliphatic carbocycles. The molecule has 6 heteroatoms. The second-order valence-corrected chi connectivity index (χ2v) is 4.12. The van der Waals surface area contributed by atoms with E-state index < -0.39 is 0 Å². The molecule has 1 rings (SSSR count). The molecule has 110 valence electrons. The van der Waals surface area contributed by atoms with E-state index in [-0.39, 0.29) is 11.7 Å². The average molecular weight is 281 g/mol. The van der Waals surface area contributed by atoms with Crippen LogP contribution in [0.25, 0.3) is 0 Å². The number of hydrogen-bond acceptors (Lipinski definition) is 5. The summed E-state index contributed by atoms with van der Waals surface area (Å²) in [6.45, 7) is 1.77. The minimum Gasteiger partial charge on any atom is -0.493 e. The fraction of sp³-hybridized carbons (Fsp3) is 0.429. The fourth-order valence-corrected chi connectivity index (χ4v) is 1.67. The summed E-state index contributed by atoms with van der Waals surface area (Å²) in [6, 6.07) is 3.12. The van der Waals surface area contributed by atoms with E-state index >= 15 is 0 Å². The number of benzene rings is 1. The lowest BCUT2D eigenvalue weighted by Gasteiger charge is -2.14. The molecule has 0 aliphatic rings. The van der Waals surface area contributed by atoms with Crippen molar-refractivity contribution in [3.05, 3.63) is 17.7 Å². The molecule has 0 unspecified atom stereocenters. The van der Waals surface area contributed by atoms with Crippen molar-refractivity contribution in [1.82, 2.24) is 5.32 Å². The Labute approximate surface area is 118 Å². The number of ether oxygens (including phenoxy) is 3. The van der Waals surface area contributed by atoms with E-state index in [1.54, 1.807) is 12.1 Å². The number of ketones is 1. The van der Waals surface area contributed by atoms with Gasteiger partial charge in [0.1, 0.15) is 5.78 Å². The van der Waals surface area contributed by atoms with E-state index in [1.807, 2.05) is 0 Å². The van der Waals surface area contributed by atoms with Crippen LogP contribution in [0.4, 0.5) is 0 Å². The topological polar surface area (TPSA) is 73.9 Å². The molecule has 6 nitrogen and oxygen atoms in total. The maximum atomic E-state index is 12.0. The third kappa shape index (κ3) is 3.88. The summed E-state index contributed by atoms with van der Waals surface area (Å²) < 4.78 is 15.5. The van der Waals surface area contributed by atoms with Gasteiger partial charge >= 0.3 is 0 Å². The number of carbonyl (C=O) groups excluding carboxylic acids is 2. The SMILES string of the molecule is COc1cc(C(=O)NCCC(C)=O)cc(OC)c1OC. The highest BCUT2D eigenvalue weighted by atomic mass is 16.5. The van der Waals surface area contributed by atoms with Crippen molar-refractivity contribution in [3.63, 3.8) is 0 Å². The van der Waals surface area contributed by atoms with Gasteiger partial charge in [-0.2, -0.15) is 0 Å². The van der Waals surface area contributed by atoms with Crippen LogP contribution in [0.2, 0.25) is 0 Å². The molecule has 0 spiro atoms. The standard InChI is InChI=1S/C14H19NO5/c1-9(16)5-6-15-14(17)10-7-11(18-2)13(20-4)12(8-10)19-3/h7-8H,5-6H2,1-4H3,(H,15,17). The lowest BCUT2D eigenvalue weighted by atomic mass is 10.1. The molecular formula is C14H19NO5. The molecule has 0 saturated carbocycles. The van der Waals surface area contributed by atoms with Gasteiger partial charge < -0.3 is 19.5 Å². The van der Waals surface area contributed by atoms with Crippen LogP contribution in [0.15, 0.2) is 12.1 Å². The van der Waals surface area contributed by atoms with Crippen LogP contribution in [-0.4, -0.2) is 39.6 Å². The Kier molecular flexibility index (Phi) is 5.83. The Morgan fingerprint density at radius 1 is 1.05 bits per heavy atom. The van der Waals surface area contributed by atoms with Gasteiger partial charge in [0.25, 0.3) is 5.91 Å². The number of nitrogens with one attached hydrogen (secondary N) is 1. The number of amides is 1. The van der Waals surface area contributed by atoms with Crippen molar-refractivity contribution >= 4 is 11.7 Å². The number of rotatable bonds is 7. The first-order chi connectivity index (χ1) is 9.53. The van der Waals surface area contributed by atoms with Crippen LogP contribution in [0, 0.1) is 0 Å². The summed E-state index contributed by atoms with van der Waals surface area (Å²) >= 11 is 0. The van der Waals surface area contributed by atoms with Gasteiger partial charge in [0, 0.05) is 18.5 Å². The molecule has 20 heavy (non-hydrogen) atoms. The van der Waals surface area contributed by atoms with Gasteiger partial charge in [-0.1, -0.05) is 0 Å². The van der Waals surface area contributed by atoms with Crippen molar-refractivity contribution in [2.75, 3.05) is 27.9 Å². The number of methoxy groups -OCH3 is 3. The summed E-state index contributed by atoms with van der Waals surface area (Å²) in [7, 11) is 4.45. The number of hydrogen-bond donors (Lipinski definition) is 1. The zero-order chi connectivity index (χ0) is 15.1. The van der Waals surface area contributed by atoms with Crippen molar-refractivity contribution < 1.29 is 23.8 Å². The predicted octanol–water partition coefficient (Wildman–Crippen LogP) is 1.42. The van der Waals surface area contributed by atoms with Gasteiger partial charge in [-0.25, -0.2) is 0 Å². The molecule has 0 atom stereocenters. The Morgan fingerprint density at radius 3 is 2.00 bits per heavy atom. The van der Waals surface area contributed by atoms with Crippen LogP contribution in [0.5, 0.6) is 17.2 Å². The molecule has 0 saturated heterocycles. The van der Waals surface area contributed by atoms with Crippen molar-refractivity contribution in [3.8, 4) is 17.2 Å². The lowest BCUT2D eigenvalue weighted by Crippen LogP contribution is -2.25. The molecule has 1 aromatic carbocycles. The molecular weight excluding hydrogens is 262 g/mol.